The fourth-order valence-electron chi connectivity index (χ4n) is 2.90. The van der Waals surface area contributed by atoms with Crippen molar-refractivity contribution in [2.24, 2.45) is 0 Å². The van der Waals surface area contributed by atoms with Crippen molar-refractivity contribution < 1.29 is 9.47 Å². The molecule has 3 nitrogen and oxygen atoms in total. The van der Waals surface area contributed by atoms with Gasteiger partial charge in [-0.3, -0.25) is 4.98 Å². The summed E-state index contributed by atoms with van der Waals surface area (Å²) in [7, 11) is 0. The molecule has 0 fully saturated rings. The normalized spacial score (nSPS) is 10.8. The van der Waals surface area contributed by atoms with Gasteiger partial charge in [-0.15, -0.1) is 0 Å². The van der Waals surface area contributed by atoms with E-state index in [4.69, 9.17) is 9.47 Å². The first-order valence-electron chi connectivity index (χ1n) is 8.83. The predicted octanol–water partition coefficient (Wildman–Crippen LogP) is 5.40. The smallest absolute Gasteiger partial charge is 0.145 e. The van der Waals surface area contributed by atoms with Crippen LogP contribution in [0.5, 0.6) is 11.5 Å². The van der Waals surface area contributed by atoms with E-state index in [-0.39, 0.29) is 0 Å². The van der Waals surface area contributed by atoms with Gasteiger partial charge >= 0.3 is 0 Å². The van der Waals surface area contributed by atoms with Crippen LogP contribution in [0.15, 0.2) is 48.7 Å². The van der Waals surface area contributed by atoms with Crippen LogP contribution in [0.25, 0.3) is 10.9 Å². The van der Waals surface area contributed by atoms with Gasteiger partial charge in [0.1, 0.15) is 17.0 Å². The van der Waals surface area contributed by atoms with Gasteiger partial charge in [-0.2, -0.15) is 0 Å². The van der Waals surface area contributed by atoms with Gasteiger partial charge in [0.05, 0.1) is 13.2 Å². The van der Waals surface area contributed by atoms with Crippen LogP contribution in [0.3, 0.4) is 0 Å². The molecule has 3 rings (SSSR count). The SMILES string of the molecule is Cc1ccc(C)c(OCCCCOc2cccc3cccnc23)c1C. The van der Waals surface area contributed by atoms with Crippen LogP contribution in [-0.2, 0) is 0 Å². The minimum absolute atomic E-state index is 0.671. The van der Waals surface area contributed by atoms with Gasteiger partial charge in [0, 0.05) is 11.6 Å². The molecule has 0 N–H and O–H groups in total. The molecule has 0 aliphatic carbocycles. The maximum atomic E-state index is 6.00. The van der Waals surface area contributed by atoms with Crippen LogP contribution in [0.2, 0.25) is 0 Å². The van der Waals surface area contributed by atoms with E-state index in [1.165, 1.54) is 16.7 Å². The number of hydrogen-bond donors (Lipinski definition) is 0. The molecule has 0 amide bonds. The van der Waals surface area contributed by atoms with E-state index in [2.05, 4.69) is 50.0 Å². The van der Waals surface area contributed by atoms with Gasteiger partial charge in [-0.25, -0.2) is 0 Å². The summed E-state index contributed by atoms with van der Waals surface area (Å²) in [6, 6.07) is 14.3. The van der Waals surface area contributed by atoms with Crippen molar-refractivity contribution in [1.29, 1.82) is 0 Å². The Morgan fingerprint density at radius 3 is 2.36 bits per heavy atom. The maximum Gasteiger partial charge on any atom is 0.145 e. The highest BCUT2D eigenvalue weighted by atomic mass is 16.5. The zero-order valence-electron chi connectivity index (χ0n) is 15.2. The van der Waals surface area contributed by atoms with Crippen LogP contribution in [0.4, 0.5) is 0 Å². The number of aryl methyl sites for hydroxylation is 2. The van der Waals surface area contributed by atoms with Crippen molar-refractivity contribution in [3.8, 4) is 11.5 Å². The fourth-order valence-corrected chi connectivity index (χ4v) is 2.90. The van der Waals surface area contributed by atoms with Gasteiger partial charge < -0.3 is 9.47 Å². The van der Waals surface area contributed by atoms with Crippen LogP contribution in [0.1, 0.15) is 29.5 Å². The lowest BCUT2D eigenvalue weighted by molar-refractivity contribution is 0.266. The Hall–Kier alpha value is -2.55. The number of benzene rings is 2. The third-order valence-corrected chi connectivity index (χ3v) is 4.51. The highest BCUT2D eigenvalue weighted by molar-refractivity contribution is 5.84. The standard InChI is InChI=1S/C22H25NO2/c1-16-11-12-17(2)22(18(16)3)25-15-5-4-14-24-20-10-6-8-19-9-7-13-23-21(19)20/h6-13H,4-5,14-15H2,1-3H3. The van der Waals surface area contributed by atoms with Crippen molar-refractivity contribution in [2.75, 3.05) is 13.2 Å². The number of hydrogen-bond acceptors (Lipinski definition) is 3. The molecule has 3 heteroatoms. The van der Waals surface area contributed by atoms with Gasteiger partial charge in [-0.05, 0) is 62.4 Å². The first-order valence-corrected chi connectivity index (χ1v) is 8.83. The quantitative estimate of drug-likeness (QED) is 0.542. The van der Waals surface area contributed by atoms with Crippen molar-refractivity contribution in [3.05, 3.63) is 65.4 Å². The van der Waals surface area contributed by atoms with Crippen LogP contribution < -0.4 is 9.47 Å². The number of pyridine rings is 1. The number of nitrogens with zero attached hydrogens (tertiary/aromatic N) is 1. The topological polar surface area (TPSA) is 31.4 Å². The Morgan fingerprint density at radius 1 is 0.800 bits per heavy atom. The number of fused-ring (bicyclic) bond motifs is 1. The van der Waals surface area contributed by atoms with Crippen LogP contribution in [0, 0.1) is 20.8 Å². The van der Waals surface area contributed by atoms with E-state index in [1.54, 1.807) is 6.20 Å². The largest absolute Gasteiger partial charge is 0.493 e. The molecule has 0 saturated heterocycles. The highest BCUT2D eigenvalue weighted by Gasteiger charge is 2.06. The minimum Gasteiger partial charge on any atom is -0.493 e. The number of para-hydroxylation sites is 1. The molecule has 0 aliphatic rings. The molecular weight excluding hydrogens is 310 g/mol. The van der Waals surface area contributed by atoms with Crippen molar-refractivity contribution >= 4 is 10.9 Å². The summed E-state index contributed by atoms with van der Waals surface area (Å²) in [5.41, 5.74) is 4.62. The number of ether oxygens (including phenoxy) is 2. The zero-order chi connectivity index (χ0) is 17.6. The molecule has 25 heavy (non-hydrogen) atoms. The van der Waals surface area contributed by atoms with Gasteiger partial charge in [0.15, 0.2) is 0 Å². The Labute approximate surface area is 149 Å². The number of rotatable bonds is 7. The van der Waals surface area contributed by atoms with E-state index in [0.717, 1.165) is 35.2 Å². The molecule has 0 atom stereocenters. The van der Waals surface area contributed by atoms with Gasteiger partial charge in [-0.1, -0.05) is 30.3 Å². The first-order chi connectivity index (χ1) is 12.2. The van der Waals surface area contributed by atoms with Crippen LogP contribution >= 0.6 is 0 Å². The van der Waals surface area contributed by atoms with Crippen LogP contribution in [-0.4, -0.2) is 18.2 Å². The first kappa shape index (κ1) is 17.3. The third-order valence-electron chi connectivity index (χ3n) is 4.51. The molecule has 0 aliphatic heterocycles. The van der Waals surface area contributed by atoms with E-state index in [0.29, 0.717) is 13.2 Å². The summed E-state index contributed by atoms with van der Waals surface area (Å²) in [6.07, 6.45) is 3.72. The molecule has 0 radical (unpaired) electrons. The summed E-state index contributed by atoms with van der Waals surface area (Å²) in [4.78, 5) is 4.41. The Bertz CT molecular complexity index is 853. The lowest BCUT2D eigenvalue weighted by Crippen LogP contribution is -2.05. The minimum atomic E-state index is 0.671. The summed E-state index contributed by atoms with van der Waals surface area (Å²) >= 11 is 0. The molecule has 1 aromatic heterocycles. The highest BCUT2D eigenvalue weighted by Crippen LogP contribution is 2.26. The summed E-state index contributed by atoms with van der Waals surface area (Å²) in [5, 5.41) is 1.11. The monoisotopic (exact) mass is 335 g/mol. The molecular formula is C22H25NO2. The molecule has 1 heterocycles. The summed E-state index contributed by atoms with van der Waals surface area (Å²) < 4.78 is 11.9. The Balaban J connectivity index is 1.47. The van der Waals surface area contributed by atoms with E-state index >= 15 is 0 Å². The molecule has 2 aromatic carbocycles. The second kappa shape index (κ2) is 8.02. The summed E-state index contributed by atoms with van der Waals surface area (Å²) in [6.45, 7) is 7.72. The lowest BCUT2D eigenvalue weighted by atomic mass is 10.1. The molecule has 130 valence electrons. The summed E-state index contributed by atoms with van der Waals surface area (Å²) in [5.74, 6) is 1.88. The second-order valence-electron chi connectivity index (χ2n) is 6.39. The Kier molecular flexibility index (Phi) is 5.54. The van der Waals surface area contributed by atoms with Crippen molar-refractivity contribution in [2.45, 2.75) is 33.6 Å². The second-order valence-corrected chi connectivity index (χ2v) is 6.39. The van der Waals surface area contributed by atoms with Gasteiger partial charge in [0.25, 0.3) is 0 Å². The van der Waals surface area contributed by atoms with E-state index in [9.17, 15) is 0 Å². The number of unbranched alkanes of at least 4 members (excludes halogenated alkanes) is 1. The Morgan fingerprint density at radius 2 is 1.52 bits per heavy atom. The van der Waals surface area contributed by atoms with Gasteiger partial charge in [0.2, 0.25) is 0 Å². The fraction of sp³-hybridized carbons (Fsp3) is 0.318. The molecule has 3 aromatic rings. The van der Waals surface area contributed by atoms with E-state index < -0.39 is 0 Å². The maximum absolute atomic E-state index is 6.00. The average molecular weight is 335 g/mol. The predicted molar refractivity (Wildman–Crippen MR) is 103 cm³/mol. The number of aromatic nitrogens is 1. The third kappa shape index (κ3) is 4.11. The van der Waals surface area contributed by atoms with Crippen molar-refractivity contribution in [3.63, 3.8) is 0 Å². The average Bonchev–Trinajstić information content (AvgIpc) is 2.64. The van der Waals surface area contributed by atoms with E-state index in [1.807, 2.05) is 18.2 Å². The molecule has 0 saturated carbocycles. The lowest BCUT2D eigenvalue weighted by Gasteiger charge is -2.14. The van der Waals surface area contributed by atoms with Crippen molar-refractivity contribution in [1.82, 2.24) is 4.98 Å². The molecule has 0 spiro atoms. The molecule has 0 unspecified atom stereocenters. The zero-order valence-corrected chi connectivity index (χ0v) is 15.2. The molecule has 0 bridgehead atoms.